The molecule has 4 nitrogen and oxygen atoms in total. The van der Waals surface area contributed by atoms with E-state index in [9.17, 15) is 14.0 Å². The number of carbonyl (C=O) groups excluding carboxylic acids is 2. The van der Waals surface area contributed by atoms with Crippen LogP contribution in [0.4, 0.5) is 10.1 Å². The number of hydrogen-bond acceptors (Lipinski definition) is 2. The van der Waals surface area contributed by atoms with E-state index in [-0.39, 0.29) is 30.0 Å². The molecule has 1 fully saturated rings. The van der Waals surface area contributed by atoms with Crippen molar-refractivity contribution >= 4 is 29.1 Å². The van der Waals surface area contributed by atoms with Crippen molar-refractivity contribution in [2.24, 2.45) is 5.92 Å². The molecule has 1 aliphatic rings. The summed E-state index contributed by atoms with van der Waals surface area (Å²) >= 11 is 6.07. The van der Waals surface area contributed by atoms with Gasteiger partial charge in [-0.1, -0.05) is 35.9 Å². The fraction of sp³-hybridized carbons (Fsp3) is 0.300. The van der Waals surface area contributed by atoms with E-state index in [0.29, 0.717) is 36.6 Å². The van der Waals surface area contributed by atoms with Crippen LogP contribution in [0.1, 0.15) is 18.4 Å². The van der Waals surface area contributed by atoms with Crippen LogP contribution in [-0.2, 0) is 16.0 Å². The number of hydrogen-bond donors (Lipinski definition) is 1. The summed E-state index contributed by atoms with van der Waals surface area (Å²) in [4.78, 5) is 26.6. The molecule has 1 aliphatic heterocycles. The predicted octanol–water partition coefficient (Wildman–Crippen LogP) is 3.90. The molecule has 1 N–H and O–H groups in total. The third-order valence-corrected chi connectivity index (χ3v) is 4.95. The fourth-order valence-corrected chi connectivity index (χ4v) is 3.26. The van der Waals surface area contributed by atoms with Gasteiger partial charge in [0.25, 0.3) is 0 Å². The second-order valence-corrected chi connectivity index (χ2v) is 6.83. The van der Waals surface area contributed by atoms with Gasteiger partial charge in [-0.3, -0.25) is 9.59 Å². The zero-order valence-electron chi connectivity index (χ0n) is 14.3. The van der Waals surface area contributed by atoms with Crippen molar-refractivity contribution in [3.8, 4) is 0 Å². The van der Waals surface area contributed by atoms with Crippen LogP contribution in [0.15, 0.2) is 48.5 Å². The first-order valence-corrected chi connectivity index (χ1v) is 8.98. The highest BCUT2D eigenvalue weighted by Gasteiger charge is 2.27. The predicted molar refractivity (Wildman–Crippen MR) is 99.5 cm³/mol. The summed E-state index contributed by atoms with van der Waals surface area (Å²) in [7, 11) is 0. The zero-order valence-corrected chi connectivity index (χ0v) is 15.0. The van der Waals surface area contributed by atoms with Crippen molar-refractivity contribution in [2.45, 2.75) is 19.3 Å². The Morgan fingerprint density at radius 3 is 2.38 bits per heavy atom. The van der Waals surface area contributed by atoms with Crippen LogP contribution < -0.4 is 5.32 Å². The topological polar surface area (TPSA) is 49.4 Å². The Balaban J connectivity index is 1.50. The van der Waals surface area contributed by atoms with E-state index in [2.05, 4.69) is 5.32 Å². The molecule has 1 saturated heterocycles. The van der Waals surface area contributed by atoms with Crippen LogP contribution in [0.2, 0.25) is 5.02 Å². The Bertz CT molecular complexity index is 787. The molecule has 1 heterocycles. The molecule has 136 valence electrons. The number of benzene rings is 2. The minimum Gasteiger partial charge on any atom is -0.342 e. The molecule has 6 heteroatoms. The lowest BCUT2D eigenvalue weighted by molar-refractivity contribution is -0.133. The summed E-state index contributed by atoms with van der Waals surface area (Å²) in [6.07, 6.45) is 1.48. The number of likely N-dealkylation sites (tertiary alicyclic amines) is 1. The summed E-state index contributed by atoms with van der Waals surface area (Å²) in [6.45, 7) is 1.08. The molecule has 0 radical (unpaired) electrons. The molecule has 2 aromatic rings. The Morgan fingerprint density at radius 1 is 1.08 bits per heavy atom. The maximum Gasteiger partial charge on any atom is 0.227 e. The molecule has 0 saturated carbocycles. The van der Waals surface area contributed by atoms with Gasteiger partial charge in [0, 0.05) is 19.0 Å². The summed E-state index contributed by atoms with van der Waals surface area (Å²) in [5.41, 5.74) is 1.39. The highest BCUT2D eigenvalue weighted by atomic mass is 35.5. The van der Waals surface area contributed by atoms with E-state index in [1.54, 1.807) is 29.2 Å². The average Bonchev–Trinajstić information content (AvgIpc) is 2.65. The molecule has 0 atom stereocenters. The summed E-state index contributed by atoms with van der Waals surface area (Å²) in [5.74, 6) is -0.516. The standard InChI is InChI=1S/C20H20ClFN2O2/c21-17-3-1-2-4-18(17)23-20(26)15-9-11-24(12-10-15)19(25)13-14-5-7-16(22)8-6-14/h1-8,15H,9-13H2,(H,23,26). The molecule has 2 amide bonds. The van der Waals surface area contributed by atoms with E-state index in [1.165, 1.54) is 12.1 Å². The van der Waals surface area contributed by atoms with Gasteiger partial charge in [0.2, 0.25) is 11.8 Å². The molecule has 3 rings (SSSR count). The van der Waals surface area contributed by atoms with Gasteiger partial charge in [0.05, 0.1) is 17.1 Å². The average molecular weight is 375 g/mol. The van der Waals surface area contributed by atoms with Gasteiger partial charge >= 0.3 is 0 Å². The summed E-state index contributed by atoms with van der Waals surface area (Å²) < 4.78 is 12.9. The molecule has 0 unspecified atom stereocenters. The first kappa shape index (κ1) is 18.4. The first-order valence-electron chi connectivity index (χ1n) is 8.60. The molecule has 0 aliphatic carbocycles. The lowest BCUT2D eigenvalue weighted by Crippen LogP contribution is -2.42. The second-order valence-electron chi connectivity index (χ2n) is 6.43. The van der Waals surface area contributed by atoms with Gasteiger partial charge in [-0.05, 0) is 42.7 Å². The molecule has 0 spiro atoms. The van der Waals surface area contributed by atoms with E-state index in [1.807, 2.05) is 12.1 Å². The number of anilines is 1. The SMILES string of the molecule is O=C(Nc1ccccc1Cl)C1CCN(C(=O)Cc2ccc(F)cc2)CC1. The molecule has 0 bridgehead atoms. The van der Waals surface area contributed by atoms with Gasteiger partial charge in [0.15, 0.2) is 0 Å². The number of nitrogens with zero attached hydrogens (tertiary/aromatic N) is 1. The number of nitrogens with one attached hydrogen (secondary N) is 1. The maximum absolute atomic E-state index is 12.9. The van der Waals surface area contributed by atoms with Crippen molar-refractivity contribution < 1.29 is 14.0 Å². The van der Waals surface area contributed by atoms with Gasteiger partial charge in [-0.15, -0.1) is 0 Å². The summed E-state index contributed by atoms with van der Waals surface area (Å²) in [5, 5.41) is 3.37. The second kappa shape index (κ2) is 8.32. The summed E-state index contributed by atoms with van der Waals surface area (Å²) in [6, 6.07) is 13.1. The van der Waals surface area contributed by atoms with Gasteiger partial charge in [-0.25, -0.2) is 4.39 Å². The Hall–Kier alpha value is -2.40. The van der Waals surface area contributed by atoms with E-state index in [0.717, 1.165) is 5.56 Å². The fourth-order valence-electron chi connectivity index (χ4n) is 3.08. The highest BCUT2D eigenvalue weighted by molar-refractivity contribution is 6.33. The molecule has 26 heavy (non-hydrogen) atoms. The molecular formula is C20H20ClFN2O2. The Kier molecular flexibility index (Phi) is 5.89. The third kappa shape index (κ3) is 4.61. The van der Waals surface area contributed by atoms with Crippen molar-refractivity contribution in [1.29, 1.82) is 0 Å². The Morgan fingerprint density at radius 2 is 1.73 bits per heavy atom. The number of carbonyl (C=O) groups is 2. The van der Waals surface area contributed by atoms with Crippen LogP contribution in [0.3, 0.4) is 0 Å². The minimum absolute atomic E-state index is 0.00145. The van der Waals surface area contributed by atoms with Crippen LogP contribution in [0.25, 0.3) is 0 Å². The van der Waals surface area contributed by atoms with E-state index >= 15 is 0 Å². The van der Waals surface area contributed by atoms with Gasteiger partial charge in [-0.2, -0.15) is 0 Å². The van der Waals surface area contributed by atoms with E-state index in [4.69, 9.17) is 11.6 Å². The van der Waals surface area contributed by atoms with Crippen molar-refractivity contribution in [3.63, 3.8) is 0 Å². The van der Waals surface area contributed by atoms with Crippen LogP contribution in [0, 0.1) is 11.7 Å². The Labute approximate surface area is 157 Å². The third-order valence-electron chi connectivity index (χ3n) is 4.62. The van der Waals surface area contributed by atoms with Crippen molar-refractivity contribution in [2.75, 3.05) is 18.4 Å². The molecule has 2 aromatic carbocycles. The van der Waals surface area contributed by atoms with E-state index < -0.39 is 0 Å². The first-order chi connectivity index (χ1) is 12.5. The smallest absolute Gasteiger partial charge is 0.227 e. The van der Waals surface area contributed by atoms with Gasteiger partial charge < -0.3 is 10.2 Å². The zero-order chi connectivity index (χ0) is 18.5. The van der Waals surface area contributed by atoms with Gasteiger partial charge in [0.1, 0.15) is 5.82 Å². The monoisotopic (exact) mass is 374 g/mol. The molecular weight excluding hydrogens is 355 g/mol. The number of amides is 2. The lowest BCUT2D eigenvalue weighted by Gasteiger charge is -2.31. The van der Waals surface area contributed by atoms with Crippen LogP contribution >= 0.6 is 11.6 Å². The minimum atomic E-state index is -0.313. The van der Waals surface area contributed by atoms with Crippen molar-refractivity contribution in [3.05, 3.63) is 64.9 Å². The number of piperidine rings is 1. The molecule has 0 aromatic heterocycles. The number of halogens is 2. The lowest BCUT2D eigenvalue weighted by atomic mass is 9.95. The maximum atomic E-state index is 12.9. The highest BCUT2D eigenvalue weighted by Crippen LogP contribution is 2.24. The largest absolute Gasteiger partial charge is 0.342 e. The number of rotatable bonds is 4. The van der Waals surface area contributed by atoms with Crippen LogP contribution in [0.5, 0.6) is 0 Å². The number of para-hydroxylation sites is 1. The normalized spacial score (nSPS) is 14.9. The van der Waals surface area contributed by atoms with Crippen molar-refractivity contribution in [1.82, 2.24) is 4.90 Å². The quantitative estimate of drug-likeness (QED) is 0.882. The van der Waals surface area contributed by atoms with Crippen LogP contribution in [-0.4, -0.2) is 29.8 Å².